The van der Waals surface area contributed by atoms with Crippen LogP contribution in [-0.2, 0) is 6.54 Å². The number of pyridine rings is 1. The minimum atomic E-state index is 0.297. The third-order valence-corrected chi connectivity index (χ3v) is 4.90. The average Bonchev–Trinajstić information content (AvgIpc) is 2.78. The molecular weight excluding hydrogens is 384 g/mol. The number of aromatic nitrogens is 3. The van der Waals surface area contributed by atoms with Gasteiger partial charge in [-0.05, 0) is 37.1 Å². The number of nitrogens with zero attached hydrogens (tertiary/aromatic N) is 3. The predicted octanol–water partition coefficient (Wildman–Crippen LogP) is 5.61. The third-order valence-electron chi connectivity index (χ3n) is 4.90. The number of para-hydroxylation sites is 1. The summed E-state index contributed by atoms with van der Waals surface area (Å²) in [6, 6.07) is 18.5. The fraction of sp³-hybridized carbons (Fsp3) is 0.200. The summed E-state index contributed by atoms with van der Waals surface area (Å²) < 4.78 is 0. The fourth-order valence-electron chi connectivity index (χ4n) is 3.45. The summed E-state index contributed by atoms with van der Waals surface area (Å²) in [7, 11) is 0. The van der Waals surface area contributed by atoms with Gasteiger partial charge in [0.2, 0.25) is 0 Å². The third kappa shape index (κ3) is 4.69. The van der Waals surface area contributed by atoms with Crippen molar-refractivity contribution >= 4 is 28.3 Å². The molecule has 6 heteroatoms. The number of anilines is 2. The SMILES string of the molecule is CC.CC(=N)c1c(N)ncnc1NCc1cc2ccccc2nc1-c1ccccc1C. The second-order valence-electron chi connectivity index (χ2n) is 6.96. The highest BCUT2D eigenvalue weighted by Crippen LogP contribution is 2.29. The maximum atomic E-state index is 8.00. The van der Waals surface area contributed by atoms with Crippen molar-refractivity contribution in [1.29, 1.82) is 5.41 Å². The van der Waals surface area contributed by atoms with Crippen LogP contribution in [0, 0.1) is 12.3 Å². The van der Waals surface area contributed by atoms with E-state index in [1.807, 2.05) is 44.2 Å². The average molecular weight is 413 g/mol. The Hall–Kier alpha value is -3.80. The van der Waals surface area contributed by atoms with Crippen LogP contribution in [0.15, 0.2) is 60.9 Å². The van der Waals surface area contributed by atoms with Crippen LogP contribution in [0.1, 0.15) is 37.5 Å². The number of hydrogen-bond acceptors (Lipinski definition) is 6. The van der Waals surface area contributed by atoms with Crippen LogP contribution in [0.4, 0.5) is 11.6 Å². The van der Waals surface area contributed by atoms with E-state index in [0.717, 1.165) is 27.7 Å². The molecule has 31 heavy (non-hydrogen) atoms. The van der Waals surface area contributed by atoms with Gasteiger partial charge in [0.1, 0.15) is 18.0 Å². The van der Waals surface area contributed by atoms with Crippen molar-refractivity contribution in [3.63, 3.8) is 0 Å². The van der Waals surface area contributed by atoms with Gasteiger partial charge in [0.25, 0.3) is 0 Å². The molecule has 2 aromatic carbocycles. The normalized spacial score (nSPS) is 10.3. The molecule has 0 saturated heterocycles. The van der Waals surface area contributed by atoms with Gasteiger partial charge in [-0.15, -0.1) is 0 Å². The molecule has 0 spiro atoms. The first-order valence-electron chi connectivity index (χ1n) is 10.4. The Labute approximate surface area is 183 Å². The molecule has 0 aliphatic rings. The molecule has 6 nitrogen and oxygen atoms in total. The second-order valence-corrected chi connectivity index (χ2v) is 6.96. The van der Waals surface area contributed by atoms with Gasteiger partial charge in [-0.3, -0.25) is 0 Å². The molecule has 0 fully saturated rings. The van der Waals surface area contributed by atoms with Crippen molar-refractivity contribution in [2.24, 2.45) is 0 Å². The lowest BCUT2D eigenvalue weighted by atomic mass is 9.99. The topological polar surface area (TPSA) is 101 Å². The van der Waals surface area contributed by atoms with Crippen LogP contribution in [0.5, 0.6) is 0 Å². The van der Waals surface area contributed by atoms with Gasteiger partial charge in [-0.2, -0.15) is 0 Å². The zero-order chi connectivity index (χ0) is 22.4. The van der Waals surface area contributed by atoms with Crippen LogP contribution >= 0.6 is 0 Å². The number of nitrogen functional groups attached to an aromatic ring is 1. The van der Waals surface area contributed by atoms with E-state index in [-0.39, 0.29) is 0 Å². The lowest BCUT2D eigenvalue weighted by Crippen LogP contribution is -2.12. The highest BCUT2D eigenvalue weighted by Gasteiger charge is 2.14. The molecule has 0 aliphatic heterocycles. The Morgan fingerprint density at radius 3 is 2.48 bits per heavy atom. The van der Waals surface area contributed by atoms with E-state index in [1.54, 1.807) is 6.92 Å². The molecule has 2 heterocycles. The van der Waals surface area contributed by atoms with E-state index in [0.29, 0.717) is 29.5 Å². The van der Waals surface area contributed by atoms with Crippen LogP contribution in [0.25, 0.3) is 22.2 Å². The Balaban J connectivity index is 0.00000132. The van der Waals surface area contributed by atoms with Gasteiger partial charge in [-0.1, -0.05) is 56.3 Å². The standard InChI is InChI=1S/C23H22N6.C2H6/c1-14-7-3-5-9-18(14)21-17(11-16-8-4-6-10-19(16)29-21)12-26-23-20(15(2)24)22(25)27-13-28-23;1-2/h3-11,13,24H,12H2,1-2H3,(H3,25,26,27,28);1-2H3. The van der Waals surface area contributed by atoms with Gasteiger partial charge in [0.05, 0.1) is 16.8 Å². The van der Waals surface area contributed by atoms with Gasteiger partial charge in [0.15, 0.2) is 0 Å². The summed E-state index contributed by atoms with van der Waals surface area (Å²) in [5.74, 6) is 0.847. The van der Waals surface area contributed by atoms with Crippen LogP contribution in [-0.4, -0.2) is 20.7 Å². The van der Waals surface area contributed by atoms with Gasteiger partial charge < -0.3 is 16.5 Å². The summed E-state index contributed by atoms with van der Waals surface area (Å²) in [5, 5.41) is 12.4. The van der Waals surface area contributed by atoms with Gasteiger partial charge in [0, 0.05) is 23.2 Å². The molecule has 0 aliphatic carbocycles. The molecule has 4 N–H and O–H groups in total. The summed E-state index contributed by atoms with van der Waals surface area (Å²) in [6.45, 7) is 8.26. The number of hydrogen-bond donors (Lipinski definition) is 3. The zero-order valence-electron chi connectivity index (χ0n) is 18.4. The maximum Gasteiger partial charge on any atom is 0.140 e. The van der Waals surface area contributed by atoms with E-state index in [4.69, 9.17) is 16.1 Å². The van der Waals surface area contributed by atoms with Crippen molar-refractivity contribution in [3.8, 4) is 11.3 Å². The van der Waals surface area contributed by atoms with Crippen molar-refractivity contribution in [3.05, 3.63) is 77.6 Å². The number of benzene rings is 2. The molecule has 0 bridgehead atoms. The Morgan fingerprint density at radius 2 is 1.74 bits per heavy atom. The van der Waals surface area contributed by atoms with E-state index in [1.165, 1.54) is 11.9 Å². The molecular formula is C25H28N6. The smallest absolute Gasteiger partial charge is 0.140 e. The second kappa shape index (κ2) is 9.80. The van der Waals surface area contributed by atoms with Crippen molar-refractivity contribution in [2.45, 2.75) is 34.2 Å². The molecule has 158 valence electrons. The van der Waals surface area contributed by atoms with Crippen molar-refractivity contribution in [2.75, 3.05) is 11.1 Å². The van der Waals surface area contributed by atoms with Gasteiger partial charge >= 0.3 is 0 Å². The maximum absolute atomic E-state index is 8.00. The first kappa shape index (κ1) is 21.9. The quantitative estimate of drug-likeness (QED) is 0.370. The minimum absolute atomic E-state index is 0.297. The molecule has 0 radical (unpaired) electrons. The lowest BCUT2D eigenvalue weighted by Gasteiger charge is -2.15. The number of rotatable bonds is 5. The lowest BCUT2D eigenvalue weighted by molar-refractivity contribution is 1.07. The molecule has 4 aromatic rings. The summed E-state index contributed by atoms with van der Waals surface area (Å²) >= 11 is 0. The summed E-state index contributed by atoms with van der Waals surface area (Å²) in [5.41, 5.74) is 12.0. The number of aryl methyl sites for hydroxylation is 1. The van der Waals surface area contributed by atoms with E-state index in [2.05, 4.69) is 46.5 Å². The van der Waals surface area contributed by atoms with E-state index in [9.17, 15) is 0 Å². The fourth-order valence-corrected chi connectivity index (χ4v) is 3.45. The molecule has 0 unspecified atom stereocenters. The first-order chi connectivity index (χ1) is 15.0. The molecule has 4 rings (SSSR count). The molecule has 0 atom stereocenters. The Kier molecular flexibility index (Phi) is 6.92. The van der Waals surface area contributed by atoms with E-state index < -0.39 is 0 Å². The van der Waals surface area contributed by atoms with Crippen LogP contribution < -0.4 is 11.1 Å². The predicted molar refractivity (Wildman–Crippen MR) is 130 cm³/mol. The van der Waals surface area contributed by atoms with Crippen LogP contribution in [0.3, 0.4) is 0 Å². The highest BCUT2D eigenvalue weighted by atomic mass is 15.0. The number of nitrogens with two attached hydrogens (primary N) is 1. The Morgan fingerprint density at radius 1 is 1.03 bits per heavy atom. The zero-order valence-corrected chi connectivity index (χ0v) is 18.4. The van der Waals surface area contributed by atoms with Crippen molar-refractivity contribution in [1.82, 2.24) is 15.0 Å². The minimum Gasteiger partial charge on any atom is -0.383 e. The number of fused-ring (bicyclic) bond motifs is 1. The Bertz CT molecular complexity index is 1220. The summed E-state index contributed by atoms with van der Waals surface area (Å²) in [4.78, 5) is 13.3. The highest BCUT2D eigenvalue weighted by molar-refractivity contribution is 6.04. The van der Waals surface area contributed by atoms with Gasteiger partial charge in [-0.25, -0.2) is 15.0 Å². The number of nitrogens with one attached hydrogen (secondary N) is 2. The van der Waals surface area contributed by atoms with Crippen LogP contribution in [0.2, 0.25) is 0 Å². The molecule has 2 aromatic heterocycles. The largest absolute Gasteiger partial charge is 0.383 e. The first-order valence-corrected chi connectivity index (χ1v) is 10.4. The molecule has 0 saturated carbocycles. The van der Waals surface area contributed by atoms with E-state index >= 15 is 0 Å². The summed E-state index contributed by atoms with van der Waals surface area (Å²) in [6.07, 6.45) is 1.41. The van der Waals surface area contributed by atoms with Crippen molar-refractivity contribution < 1.29 is 0 Å². The molecule has 0 amide bonds. The monoisotopic (exact) mass is 412 g/mol.